The van der Waals surface area contributed by atoms with Crippen LogP contribution in [-0.4, -0.2) is 32.0 Å². The Labute approximate surface area is 139 Å². The maximum absolute atomic E-state index is 12.1. The van der Waals surface area contributed by atoms with Gasteiger partial charge in [-0.3, -0.25) is 4.21 Å². The van der Waals surface area contributed by atoms with Gasteiger partial charge in [0.2, 0.25) is 0 Å². The summed E-state index contributed by atoms with van der Waals surface area (Å²) >= 11 is -5.14. The molecule has 0 aliphatic heterocycles. The van der Waals surface area contributed by atoms with Crippen molar-refractivity contribution in [2.45, 2.75) is 23.3 Å². The van der Waals surface area contributed by atoms with Crippen LogP contribution in [0.15, 0.2) is 0 Å². The molecule has 2 nitrogen and oxygen atoms in total. The van der Waals surface area contributed by atoms with E-state index < -0.39 is 34.4 Å². The molecule has 17 heavy (non-hydrogen) atoms. The van der Waals surface area contributed by atoms with E-state index in [1.54, 1.807) is 0 Å². The fourth-order valence-corrected chi connectivity index (χ4v) is 0.803. The molecule has 0 radical (unpaired) electrons. The molecule has 0 aliphatic carbocycles. The van der Waals surface area contributed by atoms with Crippen molar-refractivity contribution in [2.24, 2.45) is 0 Å². The molecular formula is C4F9O2RbS. The maximum atomic E-state index is 12.1. The molecule has 0 N–H and O–H groups in total. The van der Waals surface area contributed by atoms with Crippen molar-refractivity contribution in [3.63, 3.8) is 0 Å². The summed E-state index contributed by atoms with van der Waals surface area (Å²) in [6, 6.07) is 0. The maximum Gasteiger partial charge on any atom is 1.00 e. The zero-order valence-corrected chi connectivity index (χ0v) is 13.4. The van der Waals surface area contributed by atoms with Crippen LogP contribution in [0.25, 0.3) is 0 Å². The molecule has 0 bridgehead atoms. The second-order valence-corrected chi connectivity index (χ2v) is 3.38. The largest absolute Gasteiger partial charge is 1.00 e. The summed E-state index contributed by atoms with van der Waals surface area (Å²) in [7, 11) is 0. The van der Waals surface area contributed by atoms with Crippen LogP contribution in [0.1, 0.15) is 0 Å². The zero-order chi connectivity index (χ0) is 13.6. The van der Waals surface area contributed by atoms with Gasteiger partial charge in [-0.2, -0.15) is 39.5 Å². The molecule has 0 aromatic rings. The minimum Gasteiger partial charge on any atom is -0.768 e. The van der Waals surface area contributed by atoms with Gasteiger partial charge in [-0.25, -0.2) is 0 Å². The molecule has 0 aliphatic rings. The average molecular weight is 369 g/mol. The monoisotopic (exact) mass is 368 g/mol. The Morgan fingerprint density at radius 2 is 1.06 bits per heavy atom. The predicted octanol–water partition coefficient (Wildman–Crippen LogP) is -0.705. The Hall–Kier alpha value is 1.29. The third-order valence-corrected chi connectivity index (χ3v) is 2.00. The average Bonchev–Trinajstić information content (AvgIpc) is 2.00. The molecule has 98 valence electrons. The van der Waals surface area contributed by atoms with E-state index >= 15 is 0 Å². The van der Waals surface area contributed by atoms with E-state index in [9.17, 15) is 48.3 Å². The van der Waals surface area contributed by atoms with E-state index in [-0.39, 0.29) is 58.2 Å². The Morgan fingerprint density at radius 1 is 0.765 bits per heavy atom. The molecular weight excluding hydrogens is 369 g/mol. The standard InChI is InChI=1S/C4HF9O2S.Rb/c5-1(6,3(9,10)11)2(7,8)4(12,13)16(14)15;/h(H,14,15);/q;+1/p-1. The zero-order valence-electron chi connectivity index (χ0n) is 7.63. The smallest absolute Gasteiger partial charge is 0.768 e. The van der Waals surface area contributed by atoms with Gasteiger partial charge in [-0.1, -0.05) is 0 Å². The van der Waals surface area contributed by atoms with Crippen molar-refractivity contribution in [1.82, 2.24) is 0 Å². The summed E-state index contributed by atoms with van der Waals surface area (Å²) < 4.78 is 125. The number of halogens is 9. The number of rotatable bonds is 3. The second kappa shape index (κ2) is 5.73. The molecule has 0 aromatic carbocycles. The summed E-state index contributed by atoms with van der Waals surface area (Å²) in [6.07, 6.45) is -7.01. The molecule has 0 fully saturated rings. The van der Waals surface area contributed by atoms with Crippen molar-refractivity contribution >= 4 is 11.1 Å². The molecule has 0 saturated carbocycles. The normalized spacial score (nSPS) is 16.4. The summed E-state index contributed by atoms with van der Waals surface area (Å²) in [4.78, 5) is 0. The van der Waals surface area contributed by atoms with Crippen LogP contribution in [0.4, 0.5) is 39.5 Å². The van der Waals surface area contributed by atoms with Crippen molar-refractivity contribution in [2.75, 3.05) is 0 Å². The van der Waals surface area contributed by atoms with Gasteiger partial charge in [0.15, 0.2) is 0 Å². The van der Waals surface area contributed by atoms with Gasteiger partial charge in [-0.05, 0) is 0 Å². The summed E-state index contributed by atoms with van der Waals surface area (Å²) in [5, 5.41) is -6.55. The SMILES string of the molecule is O=S([O-])C(F)(F)C(F)(F)C(F)(F)C(F)(F)F.[Rb+]. The van der Waals surface area contributed by atoms with E-state index in [0.29, 0.717) is 0 Å². The molecule has 1 unspecified atom stereocenters. The van der Waals surface area contributed by atoms with Gasteiger partial charge in [0.25, 0.3) is 0 Å². The number of alkyl halides is 9. The third-order valence-electron chi connectivity index (χ3n) is 1.33. The minimum atomic E-state index is -7.18. The third kappa shape index (κ3) is 3.44. The first-order chi connectivity index (χ1) is 6.69. The van der Waals surface area contributed by atoms with Crippen LogP contribution in [0, 0.1) is 0 Å². The van der Waals surface area contributed by atoms with E-state index in [1.165, 1.54) is 0 Å². The van der Waals surface area contributed by atoms with Crippen LogP contribution >= 0.6 is 0 Å². The van der Waals surface area contributed by atoms with E-state index in [4.69, 9.17) is 0 Å². The van der Waals surface area contributed by atoms with Crippen molar-refractivity contribution in [1.29, 1.82) is 0 Å². The predicted molar refractivity (Wildman–Crippen MR) is 29.8 cm³/mol. The fraction of sp³-hybridized carbons (Fsp3) is 1.00. The van der Waals surface area contributed by atoms with Gasteiger partial charge >= 0.3 is 81.5 Å². The fourth-order valence-electron chi connectivity index (χ4n) is 0.465. The molecule has 13 heteroatoms. The second-order valence-electron chi connectivity index (χ2n) is 2.40. The van der Waals surface area contributed by atoms with E-state index in [0.717, 1.165) is 0 Å². The van der Waals surface area contributed by atoms with Crippen LogP contribution in [0.3, 0.4) is 0 Å². The van der Waals surface area contributed by atoms with Crippen LogP contribution in [-0.2, 0) is 11.1 Å². The van der Waals surface area contributed by atoms with Crippen molar-refractivity contribution in [3.05, 3.63) is 0 Å². The Bertz CT molecular complexity index is 300. The molecule has 0 saturated heterocycles. The summed E-state index contributed by atoms with van der Waals surface area (Å²) in [5.41, 5.74) is 0. The first-order valence-corrected chi connectivity index (χ1v) is 4.06. The van der Waals surface area contributed by atoms with Gasteiger partial charge < -0.3 is 4.55 Å². The van der Waals surface area contributed by atoms with Crippen molar-refractivity contribution < 1.29 is 106 Å². The van der Waals surface area contributed by atoms with Gasteiger partial charge in [0.1, 0.15) is 0 Å². The van der Waals surface area contributed by atoms with Crippen LogP contribution in [0.5, 0.6) is 0 Å². The minimum absolute atomic E-state index is 0. The molecule has 0 amide bonds. The Balaban J connectivity index is 0. The Morgan fingerprint density at radius 3 is 1.24 bits per heavy atom. The molecule has 0 aromatic heterocycles. The van der Waals surface area contributed by atoms with Gasteiger partial charge in [-0.15, -0.1) is 0 Å². The Kier molecular flexibility index (Phi) is 6.94. The first-order valence-electron chi connectivity index (χ1n) is 2.99. The molecule has 0 rings (SSSR count). The molecule has 1 atom stereocenters. The summed E-state index contributed by atoms with van der Waals surface area (Å²) in [5.74, 6) is -14.3. The number of hydrogen-bond donors (Lipinski definition) is 0. The van der Waals surface area contributed by atoms with E-state index in [2.05, 4.69) is 0 Å². The van der Waals surface area contributed by atoms with Gasteiger partial charge in [0, 0.05) is 11.1 Å². The quantitative estimate of drug-likeness (QED) is 0.488. The molecule has 0 spiro atoms. The summed E-state index contributed by atoms with van der Waals surface area (Å²) in [6.45, 7) is 0. The molecule has 0 heterocycles. The number of hydrogen-bond acceptors (Lipinski definition) is 2. The van der Waals surface area contributed by atoms with E-state index in [1.807, 2.05) is 0 Å². The van der Waals surface area contributed by atoms with Crippen LogP contribution < -0.4 is 58.2 Å². The van der Waals surface area contributed by atoms with Crippen LogP contribution in [0.2, 0.25) is 0 Å². The topological polar surface area (TPSA) is 40.1 Å². The van der Waals surface area contributed by atoms with Crippen molar-refractivity contribution in [3.8, 4) is 0 Å². The van der Waals surface area contributed by atoms with Gasteiger partial charge in [0.05, 0.1) is 0 Å². The first kappa shape index (κ1) is 20.6.